The van der Waals surface area contributed by atoms with Gasteiger partial charge >= 0.3 is 0 Å². The van der Waals surface area contributed by atoms with Gasteiger partial charge in [-0.1, -0.05) is 78.6 Å². The van der Waals surface area contributed by atoms with Crippen LogP contribution in [0.1, 0.15) is 28.8 Å². The van der Waals surface area contributed by atoms with E-state index in [-0.39, 0.29) is 18.2 Å². The van der Waals surface area contributed by atoms with E-state index in [2.05, 4.69) is 10.9 Å². The predicted octanol–water partition coefficient (Wildman–Crippen LogP) is 3.69. The smallest absolute Gasteiger partial charge is 0.273 e. The second-order valence-electron chi connectivity index (χ2n) is 6.93. The van der Waals surface area contributed by atoms with Crippen LogP contribution in [0.3, 0.4) is 0 Å². The van der Waals surface area contributed by atoms with Crippen LogP contribution in [0.4, 0.5) is 0 Å². The predicted molar refractivity (Wildman–Crippen MR) is 133 cm³/mol. The van der Waals surface area contributed by atoms with Crippen molar-refractivity contribution in [2.75, 3.05) is 13.7 Å². The van der Waals surface area contributed by atoms with E-state index in [1.165, 1.54) is 23.8 Å². The van der Waals surface area contributed by atoms with Crippen molar-refractivity contribution >= 4 is 52.1 Å². The van der Waals surface area contributed by atoms with Gasteiger partial charge in [0.25, 0.3) is 11.8 Å². The number of thiocarbonyl (C=S) groups is 1. The molecule has 3 amide bonds. The molecule has 2 N–H and O–H groups in total. The van der Waals surface area contributed by atoms with Crippen LogP contribution < -0.4 is 15.6 Å². The molecule has 0 bridgehead atoms. The zero-order chi connectivity index (χ0) is 23.6. The highest BCUT2D eigenvalue weighted by Gasteiger charge is 2.31. The maximum absolute atomic E-state index is 12.6. The molecule has 1 saturated heterocycles. The molecule has 0 aliphatic carbocycles. The Balaban J connectivity index is 1.44. The van der Waals surface area contributed by atoms with Crippen molar-refractivity contribution < 1.29 is 19.1 Å². The third-order valence-corrected chi connectivity index (χ3v) is 6.06. The van der Waals surface area contributed by atoms with E-state index in [0.29, 0.717) is 33.5 Å². The van der Waals surface area contributed by atoms with Crippen molar-refractivity contribution in [3.63, 3.8) is 0 Å². The lowest BCUT2D eigenvalue weighted by Gasteiger charge is -2.14. The van der Waals surface area contributed by atoms with Gasteiger partial charge in [-0.05, 0) is 30.2 Å². The van der Waals surface area contributed by atoms with Gasteiger partial charge in [0.05, 0.1) is 17.6 Å². The minimum absolute atomic E-state index is 0.121. The van der Waals surface area contributed by atoms with Crippen LogP contribution >= 0.6 is 24.0 Å². The molecule has 0 radical (unpaired) electrons. The number of carbonyl (C=O) groups is 3. The fourth-order valence-corrected chi connectivity index (χ4v) is 4.26. The third-order valence-electron chi connectivity index (χ3n) is 4.66. The number of hydrogen-bond acceptors (Lipinski definition) is 6. The van der Waals surface area contributed by atoms with E-state index in [0.717, 1.165) is 5.56 Å². The molecular formula is C24H23N3O4S2. The SMILES string of the molecule is COc1ccccc1C(=O)NNC(=O)CCCN1C(=O)C(=CC=Cc2ccccc2)SC1=S. The fourth-order valence-electron chi connectivity index (χ4n) is 3.00. The molecule has 0 atom stereocenters. The van der Waals surface area contributed by atoms with Gasteiger partial charge in [0.2, 0.25) is 5.91 Å². The summed E-state index contributed by atoms with van der Waals surface area (Å²) in [7, 11) is 1.47. The van der Waals surface area contributed by atoms with Crippen LogP contribution in [-0.2, 0) is 9.59 Å². The average molecular weight is 482 g/mol. The van der Waals surface area contributed by atoms with Crippen molar-refractivity contribution in [3.05, 3.63) is 82.8 Å². The summed E-state index contributed by atoms with van der Waals surface area (Å²) in [6.45, 7) is 0.318. The summed E-state index contributed by atoms with van der Waals surface area (Å²) in [6.07, 6.45) is 5.99. The molecule has 0 saturated carbocycles. The molecule has 2 aromatic rings. The van der Waals surface area contributed by atoms with Crippen molar-refractivity contribution in [2.24, 2.45) is 0 Å². The number of nitrogens with zero attached hydrogens (tertiary/aromatic N) is 1. The number of nitrogens with one attached hydrogen (secondary N) is 2. The van der Waals surface area contributed by atoms with E-state index >= 15 is 0 Å². The molecule has 33 heavy (non-hydrogen) atoms. The van der Waals surface area contributed by atoms with Crippen molar-refractivity contribution in [1.82, 2.24) is 15.8 Å². The first-order valence-corrected chi connectivity index (χ1v) is 11.4. The quantitative estimate of drug-likeness (QED) is 0.340. The zero-order valence-electron chi connectivity index (χ0n) is 17.9. The Morgan fingerprint density at radius 1 is 1.09 bits per heavy atom. The zero-order valence-corrected chi connectivity index (χ0v) is 19.6. The van der Waals surface area contributed by atoms with Gasteiger partial charge in [-0.2, -0.15) is 0 Å². The van der Waals surface area contributed by atoms with Crippen molar-refractivity contribution in [2.45, 2.75) is 12.8 Å². The molecule has 9 heteroatoms. The number of ether oxygens (including phenoxy) is 1. The maximum atomic E-state index is 12.6. The molecule has 1 aliphatic rings. The minimum Gasteiger partial charge on any atom is -0.496 e. The molecule has 2 aromatic carbocycles. The number of methoxy groups -OCH3 is 1. The highest BCUT2D eigenvalue weighted by molar-refractivity contribution is 8.26. The number of amides is 3. The number of allylic oxidation sites excluding steroid dienone is 2. The number of hydrazine groups is 1. The van der Waals surface area contributed by atoms with Gasteiger partial charge in [0, 0.05) is 13.0 Å². The normalized spacial score (nSPS) is 14.7. The van der Waals surface area contributed by atoms with E-state index in [9.17, 15) is 14.4 Å². The van der Waals surface area contributed by atoms with Crippen molar-refractivity contribution in [3.8, 4) is 5.75 Å². The standard InChI is InChI=1S/C24H23N3O4S2/c1-31-19-13-6-5-12-18(19)22(29)26-25-21(28)15-8-16-27-23(30)20(33-24(27)32)14-7-11-17-9-3-2-4-10-17/h2-7,9-14H,8,15-16H2,1H3,(H,25,28)(H,26,29). The fraction of sp³-hybridized carbons (Fsp3) is 0.167. The molecule has 7 nitrogen and oxygen atoms in total. The number of para-hydroxylation sites is 1. The minimum atomic E-state index is -0.480. The Morgan fingerprint density at radius 3 is 2.58 bits per heavy atom. The monoisotopic (exact) mass is 481 g/mol. The highest BCUT2D eigenvalue weighted by atomic mass is 32.2. The van der Waals surface area contributed by atoms with Gasteiger partial charge in [0.15, 0.2) is 0 Å². The summed E-state index contributed by atoms with van der Waals surface area (Å²) in [5.74, 6) is -0.616. The largest absolute Gasteiger partial charge is 0.496 e. The molecule has 1 aliphatic heterocycles. The number of rotatable bonds is 8. The van der Waals surface area contributed by atoms with Gasteiger partial charge < -0.3 is 4.74 Å². The molecular weight excluding hydrogens is 458 g/mol. The maximum Gasteiger partial charge on any atom is 0.273 e. The lowest BCUT2D eigenvalue weighted by molar-refractivity contribution is -0.124. The van der Waals surface area contributed by atoms with E-state index < -0.39 is 5.91 Å². The summed E-state index contributed by atoms with van der Waals surface area (Å²) >= 11 is 6.55. The van der Waals surface area contributed by atoms with Crippen molar-refractivity contribution in [1.29, 1.82) is 0 Å². The van der Waals surface area contributed by atoms with Gasteiger partial charge in [-0.25, -0.2) is 0 Å². The van der Waals surface area contributed by atoms with Gasteiger partial charge in [0.1, 0.15) is 10.1 Å². The molecule has 0 spiro atoms. The summed E-state index contributed by atoms with van der Waals surface area (Å²) in [5.41, 5.74) is 6.09. The Morgan fingerprint density at radius 2 is 1.82 bits per heavy atom. The summed E-state index contributed by atoms with van der Waals surface area (Å²) < 4.78 is 5.60. The first-order valence-electron chi connectivity index (χ1n) is 10.2. The molecule has 0 unspecified atom stereocenters. The molecule has 1 fully saturated rings. The first kappa shape index (κ1) is 24.2. The molecule has 3 rings (SSSR count). The Bertz CT molecular complexity index is 1100. The van der Waals surface area contributed by atoms with E-state index in [1.807, 2.05) is 42.5 Å². The highest BCUT2D eigenvalue weighted by Crippen LogP contribution is 2.31. The van der Waals surface area contributed by atoms with Crippen LogP contribution in [0.15, 0.2) is 71.7 Å². The lowest BCUT2D eigenvalue weighted by atomic mass is 10.2. The second kappa shape index (κ2) is 12.0. The van der Waals surface area contributed by atoms with Crippen LogP contribution in [0.2, 0.25) is 0 Å². The Hall–Kier alpha value is -3.43. The average Bonchev–Trinajstić information content (AvgIpc) is 3.10. The second-order valence-corrected chi connectivity index (χ2v) is 8.61. The van der Waals surface area contributed by atoms with Gasteiger partial charge in [-0.3, -0.25) is 30.1 Å². The Kier molecular flexibility index (Phi) is 8.79. The lowest BCUT2D eigenvalue weighted by Crippen LogP contribution is -2.42. The Labute approximate surface area is 201 Å². The molecule has 1 heterocycles. The number of hydrogen-bond donors (Lipinski definition) is 2. The van der Waals surface area contributed by atoms with Gasteiger partial charge in [-0.15, -0.1) is 0 Å². The van der Waals surface area contributed by atoms with Crippen LogP contribution in [0, 0.1) is 0 Å². The number of carbonyl (C=O) groups excluding carboxylic acids is 3. The summed E-state index contributed by atoms with van der Waals surface area (Å²) in [5, 5.41) is 0. The molecule has 170 valence electrons. The summed E-state index contributed by atoms with van der Waals surface area (Å²) in [6, 6.07) is 16.5. The summed E-state index contributed by atoms with van der Waals surface area (Å²) in [4.78, 5) is 39.0. The van der Waals surface area contributed by atoms with Crippen LogP contribution in [0.25, 0.3) is 6.08 Å². The molecule has 0 aromatic heterocycles. The van der Waals surface area contributed by atoms with E-state index in [1.54, 1.807) is 30.3 Å². The van der Waals surface area contributed by atoms with E-state index in [4.69, 9.17) is 17.0 Å². The topological polar surface area (TPSA) is 87.7 Å². The third kappa shape index (κ3) is 6.77. The van der Waals surface area contributed by atoms with Crippen LogP contribution in [0.5, 0.6) is 5.75 Å². The first-order chi connectivity index (χ1) is 16.0. The van der Waals surface area contributed by atoms with Crippen LogP contribution in [-0.4, -0.2) is 40.6 Å². The number of thioether (sulfide) groups is 1. The number of benzene rings is 2.